The summed E-state index contributed by atoms with van der Waals surface area (Å²) in [6.45, 7) is 4.73. The maximum Gasteiger partial charge on any atom is 0.203 e. The first kappa shape index (κ1) is 26.5. The fraction of sp³-hybridized carbons (Fsp3) is 0.522. The molecule has 9 heteroatoms. The third-order valence-electron chi connectivity index (χ3n) is 5.60. The van der Waals surface area contributed by atoms with E-state index in [-0.39, 0.29) is 24.0 Å². The second kappa shape index (κ2) is 13.1. The summed E-state index contributed by atoms with van der Waals surface area (Å²) in [7, 11) is 7.05. The van der Waals surface area contributed by atoms with Crippen molar-refractivity contribution in [1.82, 2.24) is 10.2 Å². The van der Waals surface area contributed by atoms with E-state index < -0.39 is 0 Å². The molecule has 2 N–H and O–H groups in total. The summed E-state index contributed by atoms with van der Waals surface area (Å²) in [5.41, 5.74) is 0.824. The van der Waals surface area contributed by atoms with E-state index in [1.807, 2.05) is 23.5 Å². The number of thiophene rings is 1. The van der Waals surface area contributed by atoms with Crippen molar-refractivity contribution in [2.75, 3.05) is 53.3 Å². The summed E-state index contributed by atoms with van der Waals surface area (Å²) in [6, 6.07) is 8.57. The number of methoxy groups -OCH3 is 3. The van der Waals surface area contributed by atoms with Gasteiger partial charge in [0.15, 0.2) is 17.5 Å². The largest absolute Gasteiger partial charge is 0.493 e. The molecule has 2 atom stereocenters. The Kier molecular flexibility index (Phi) is 10.9. The molecule has 1 fully saturated rings. The summed E-state index contributed by atoms with van der Waals surface area (Å²) < 4.78 is 16.4. The van der Waals surface area contributed by atoms with Crippen LogP contribution in [-0.2, 0) is 0 Å². The van der Waals surface area contributed by atoms with Gasteiger partial charge in [0.1, 0.15) is 0 Å². The quantitative estimate of drug-likeness (QED) is 0.267. The van der Waals surface area contributed by atoms with Crippen molar-refractivity contribution in [3.05, 3.63) is 34.5 Å². The molecule has 1 aromatic carbocycles. The first-order chi connectivity index (χ1) is 15.1. The zero-order valence-corrected chi connectivity index (χ0v) is 22.7. The molecular formula is C23H35IN4O3S. The zero-order chi connectivity index (χ0) is 22.2. The van der Waals surface area contributed by atoms with Gasteiger partial charge in [0.25, 0.3) is 0 Å². The van der Waals surface area contributed by atoms with E-state index in [1.165, 1.54) is 17.7 Å². The lowest BCUT2D eigenvalue weighted by molar-refractivity contribution is 0.128. The highest BCUT2D eigenvalue weighted by Gasteiger charge is 2.31. The zero-order valence-electron chi connectivity index (χ0n) is 19.5. The monoisotopic (exact) mass is 574 g/mol. The number of guanidine groups is 1. The van der Waals surface area contributed by atoms with E-state index in [2.05, 4.69) is 47.0 Å². The third kappa shape index (κ3) is 6.41. The number of nitrogens with zero attached hydrogens (tertiary/aromatic N) is 2. The molecule has 7 nitrogen and oxygen atoms in total. The van der Waals surface area contributed by atoms with E-state index in [1.54, 1.807) is 21.3 Å². The van der Waals surface area contributed by atoms with Gasteiger partial charge in [0, 0.05) is 41.8 Å². The molecule has 32 heavy (non-hydrogen) atoms. The second-order valence-corrected chi connectivity index (χ2v) is 8.58. The number of anilines is 1. The molecule has 1 aliphatic heterocycles. The Morgan fingerprint density at radius 3 is 2.47 bits per heavy atom. The Morgan fingerprint density at radius 1 is 1.19 bits per heavy atom. The predicted octanol–water partition coefficient (Wildman–Crippen LogP) is 4.85. The first-order valence-electron chi connectivity index (χ1n) is 10.7. The summed E-state index contributed by atoms with van der Waals surface area (Å²) in [6.07, 6.45) is 2.38. The second-order valence-electron chi connectivity index (χ2n) is 7.60. The lowest BCUT2D eigenvalue weighted by Crippen LogP contribution is -2.38. The van der Waals surface area contributed by atoms with Crippen LogP contribution in [0.15, 0.2) is 34.6 Å². The minimum Gasteiger partial charge on any atom is -0.493 e. The number of hydrogen-bond acceptors (Lipinski definition) is 6. The Bertz CT molecular complexity index is 838. The number of likely N-dealkylation sites (tertiary alicyclic amines) is 1. The van der Waals surface area contributed by atoms with E-state index in [0.717, 1.165) is 31.3 Å². The number of benzene rings is 1. The van der Waals surface area contributed by atoms with Gasteiger partial charge in [0.05, 0.1) is 21.3 Å². The third-order valence-corrected chi connectivity index (χ3v) is 6.54. The number of nitrogens with one attached hydrogen (secondary N) is 2. The van der Waals surface area contributed by atoms with Crippen molar-refractivity contribution >= 4 is 47.0 Å². The summed E-state index contributed by atoms with van der Waals surface area (Å²) in [4.78, 5) is 8.83. The van der Waals surface area contributed by atoms with Crippen LogP contribution in [-0.4, -0.2) is 58.9 Å². The Labute approximate surface area is 212 Å². The van der Waals surface area contributed by atoms with Crippen LogP contribution in [0.4, 0.5) is 5.69 Å². The molecule has 178 valence electrons. The van der Waals surface area contributed by atoms with Crippen LogP contribution < -0.4 is 24.8 Å². The topological polar surface area (TPSA) is 67.4 Å². The molecule has 0 spiro atoms. The Balaban J connectivity index is 0.00000363. The van der Waals surface area contributed by atoms with Gasteiger partial charge in [-0.1, -0.05) is 6.07 Å². The average Bonchev–Trinajstić information content (AvgIpc) is 3.31. The van der Waals surface area contributed by atoms with Gasteiger partial charge >= 0.3 is 0 Å². The molecule has 1 aromatic heterocycles. The first-order valence-corrected chi connectivity index (χ1v) is 11.6. The van der Waals surface area contributed by atoms with E-state index in [9.17, 15) is 0 Å². The minimum atomic E-state index is 0. The molecule has 0 bridgehead atoms. The van der Waals surface area contributed by atoms with E-state index >= 15 is 0 Å². The Morgan fingerprint density at radius 2 is 1.91 bits per heavy atom. The summed E-state index contributed by atoms with van der Waals surface area (Å²) in [5.74, 6) is 3.00. The molecule has 2 heterocycles. The average molecular weight is 575 g/mol. The van der Waals surface area contributed by atoms with Crippen LogP contribution in [0.5, 0.6) is 17.2 Å². The van der Waals surface area contributed by atoms with Gasteiger partial charge in [-0.15, -0.1) is 35.3 Å². The number of ether oxygens (including phenoxy) is 3. The van der Waals surface area contributed by atoms with Gasteiger partial charge in [-0.05, 0) is 50.7 Å². The normalized spacial score (nSPS) is 19.1. The van der Waals surface area contributed by atoms with Crippen molar-refractivity contribution in [2.45, 2.75) is 25.8 Å². The van der Waals surface area contributed by atoms with E-state index in [4.69, 9.17) is 19.2 Å². The van der Waals surface area contributed by atoms with Gasteiger partial charge in [-0.2, -0.15) is 0 Å². The number of aliphatic imine (C=N–C) groups is 1. The van der Waals surface area contributed by atoms with Gasteiger partial charge in [-0.25, -0.2) is 0 Å². The summed E-state index contributed by atoms with van der Waals surface area (Å²) >= 11 is 1.83. The lowest BCUT2D eigenvalue weighted by atomic mass is 9.88. The number of piperidine rings is 1. The number of rotatable bonds is 8. The highest BCUT2D eigenvalue weighted by atomic mass is 127. The van der Waals surface area contributed by atoms with Crippen molar-refractivity contribution in [3.63, 3.8) is 0 Å². The van der Waals surface area contributed by atoms with Crippen molar-refractivity contribution < 1.29 is 14.2 Å². The molecule has 3 rings (SSSR count). The molecular weight excluding hydrogens is 539 g/mol. The van der Waals surface area contributed by atoms with Crippen molar-refractivity contribution in [1.29, 1.82) is 0 Å². The van der Waals surface area contributed by atoms with Crippen LogP contribution in [0.1, 0.15) is 30.7 Å². The van der Waals surface area contributed by atoms with Crippen LogP contribution in [0, 0.1) is 5.92 Å². The minimum absolute atomic E-state index is 0. The van der Waals surface area contributed by atoms with Crippen molar-refractivity contribution in [2.24, 2.45) is 10.9 Å². The number of halogens is 1. The standard InChI is InChI=1S/C23H34N4O3S.HI/c1-6-24-23(26-17-13-18(28-3)22(30-5)19(14-17)29-4)25-15-16-9-7-11-27(2)21(16)20-10-8-12-31-20;/h8,10,12-14,16,21H,6-7,9,11,15H2,1-5H3,(H2,24,25,26);1H. The lowest BCUT2D eigenvalue weighted by Gasteiger charge is -2.38. The van der Waals surface area contributed by atoms with Crippen molar-refractivity contribution in [3.8, 4) is 17.2 Å². The van der Waals surface area contributed by atoms with E-state index in [0.29, 0.717) is 29.2 Å². The fourth-order valence-electron chi connectivity index (χ4n) is 4.17. The van der Waals surface area contributed by atoms with Crippen LogP contribution in [0.2, 0.25) is 0 Å². The van der Waals surface area contributed by atoms with Gasteiger partial charge in [-0.3, -0.25) is 9.89 Å². The molecule has 2 unspecified atom stereocenters. The summed E-state index contributed by atoms with van der Waals surface area (Å²) in [5, 5.41) is 8.90. The highest BCUT2D eigenvalue weighted by molar-refractivity contribution is 14.0. The van der Waals surface area contributed by atoms with Crippen LogP contribution in [0.3, 0.4) is 0 Å². The molecule has 0 radical (unpaired) electrons. The Hall–Kier alpha value is -1.72. The van der Waals surface area contributed by atoms with Gasteiger partial charge < -0.3 is 24.8 Å². The SMILES string of the molecule is CCNC(=NCC1CCCN(C)C1c1cccs1)Nc1cc(OC)c(OC)c(OC)c1.I. The molecule has 0 saturated carbocycles. The maximum absolute atomic E-state index is 5.47. The smallest absolute Gasteiger partial charge is 0.203 e. The highest BCUT2D eigenvalue weighted by Crippen LogP contribution is 2.40. The van der Waals surface area contributed by atoms with Gasteiger partial charge in [0.2, 0.25) is 5.75 Å². The molecule has 0 amide bonds. The fourth-order valence-corrected chi connectivity index (χ4v) is 5.15. The predicted molar refractivity (Wildman–Crippen MR) is 144 cm³/mol. The van der Waals surface area contributed by atoms with Crippen LogP contribution >= 0.6 is 35.3 Å². The molecule has 0 aliphatic carbocycles. The molecule has 2 aromatic rings. The molecule has 1 saturated heterocycles. The maximum atomic E-state index is 5.47. The van der Waals surface area contributed by atoms with Crippen LogP contribution in [0.25, 0.3) is 0 Å². The molecule has 1 aliphatic rings. The number of hydrogen-bond donors (Lipinski definition) is 2.